The zero-order valence-corrected chi connectivity index (χ0v) is 17.3. The van der Waals surface area contributed by atoms with Crippen molar-refractivity contribution in [2.45, 2.75) is 33.2 Å². The normalized spacial score (nSPS) is 13.6. The first-order chi connectivity index (χ1) is 14.5. The van der Waals surface area contributed by atoms with Crippen molar-refractivity contribution in [1.29, 1.82) is 0 Å². The lowest BCUT2D eigenvalue weighted by molar-refractivity contribution is -0.125. The van der Waals surface area contributed by atoms with Crippen molar-refractivity contribution in [3.63, 3.8) is 0 Å². The van der Waals surface area contributed by atoms with Crippen molar-refractivity contribution in [3.8, 4) is 0 Å². The minimum Gasteiger partial charge on any atom is -0.337 e. The molecular weight excluding hydrogens is 378 g/mol. The zero-order valence-electron chi connectivity index (χ0n) is 17.3. The lowest BCUT2D eigenvalue weighted by Gasteiger charge is -2.13. The maximum atomic E-state index is 12.9. The summed E-state index contributed by atoms with van der Waals surface area (Å²) in [6.07, 6.45) is 3.49. The van der Waals surface area contributed by atoms with Crippen LogP contribution in [0.4, 0.5) is 5.69 Å². The van der Waals surface area contributed by atoms with Crippen molar-refractivity contribution in [3.05, 3.63) is 65.4 Å². The molecule has 2 amide bonds. The second kappa shape index (κ2) is 8.14. The number of nitrogens with zero attached hydrogens (tertiary/aromatic N) is 2. The monoisotopic (exact) mass is 403 g/mol. The molecule has 30 heavy (non-hydrogen) atoms. The van der Waals surface area contributed by atoms with E-state index in [2.05, 4.69) is 5.32 Å². The topological polar surface area (TPSA) is 71.4 Å². The maximum Gasteiger partial charge on any atom is 0.295 e. The largest absolute Gasteiger partial charge is 0.337 e. The molecule has 1 aromatic heterocycles. The Morgan fingerprint density at radius 1 is 0.933 bits per heavy atom. The van der Waals surface area contributed by atoms with E-state index in [-0.39, 0.29) is 12.5 Å². The molecular formula is C24H25N3O3. The van der Waals surface area contributed by atoms with E-state index in [1.54, 1.807) is 15.7 Å². The third-order valence-corrected chi connectivity index (χ3v) is 5.68. The molecule has 1 saturated heterocycles. The number of anilines is 1. The van der Waals surface area contributed by atoms with Gasteiger partial charge in [0, 0.05) is 35.9 Å². The van der Waals surface area contributed by atoms with Crippen LogP contribution in [0.3, 0.4) is 0 Å². The number of Topliss-reactive ketones (excluding diaryl/α,β-unsaturated/α-hetero) is 1. The lowest BCUT2D eigenvalue weighted by atomic mass is 10.1. The summed E-state index contributed by atoms with van der Waals surface area (Å²) in [5.74, 6) is -1.16. The number of ketones is 1. The van der Waals surface area contributed by atoms with Crippen LogP contribution < -0.4 is 5.32 Å². The van der Waals surface area contributed by atoms with Gasteiger partial charge in [0.2, 0.25) is 5.91 Å². The van der Waals surface area contributed by atoms with Crippen LogP contribution in [-0.4, -0.2) is 40.2 Å². The molecule has 0 spiro atoms. The number of hydrogen-bond donors (Lipinski definition) is 1. The van der Waals surface area contributed by atoms with Crippen LogP contribution in [0.15, 0.2) is 48.7 Å². The van der Waals surface area contributed by atoms with Crippen molar-refractivity contribution >= 4 is 34.2 Å². The van der Waals surface area contributed by atoms with Gasteiger partial charge in [-0.1, -0.05) is 36.4 Å². The Balaban J connectivity index is 1.61. The van der Waals surface area contributed by atoms with Crippen LogP contribution in [0.25, 0.3) is 10.9 Å². The van der Waals surface area contributed by atoms with Crippen molar-refractivity contribution < 1.29 is 14.4 Å². The number of nitrogens with one attached hydrogen (secondary N) is 1. The van der Waals surface area contributed by atoms with Crippen molar-refractivity contribution in [2.24, 2.45) is 0 Å². The second-order valence-electron chi connectivity index (χ2n) is 7.83. The summed E-state index contributed by atoms with van der Waals surface area (Å²) in [4.78, 5) is 39.9. The molecule has 1 fully saturated rings. The fourth-order valence-electron chi connectivity index (χ4n) is 4.08. The maximum absolute atomic E-state index is 12.9. The van der Waals surface area contributed by atoms with Gasteiger partial charge in [0.1, 0.15) is 6.54 Å². The average Bonchev–Trinajstić information content (AvgIpc) is 3.39. The third kappa shape index (κ3) is 3.73. The van der Waals surface area contributed by atoms with Gasteiger partial charge < -0.3 is 14.8 Å². The van der Waals surface area contributed by atoms with E-state index in [1.165, 1.54) is 0 Å². The van der Waals surface area contributed by atoms with E-state index in [0.717, 1.165) is 35.2 Å². The van der Waals surface area contributed by atoms with E-state index in [1.807, 2.05) is 56.3 Å². The number of rotatable bonds is 5. The van der Waals surface area contributed by atoms with E-state index < -0.39 is 11.7 Å². The molecule has 2 aromatic carbocycles. The summed E-state index contributed by atoms with van der Waals surface area (Å²) >= 11 is 0. The molecule has 0 saturated carbocycles. The fraction of sp³-hybridized carbons (Fsp3) is 0.292. The molecule has 3 aromatic rings. The van der Waals surface area contributed by atoms with Crippen molar-refractivity contribution in [1.82, 2.24) is 9.47 Å². The molecule has 0 radical (unpaired) electrons. The van der Waals surface area contributed by atoms with Gasteiger partial charge in [0.05, 0.1) is 5.56 Å². The fourth-order valence-corrected chi connectivity index (χ4v) is 4.08. The number of likely N-dealkylation sites (tertiary alicyclic amines) is 1. The summed E-state index contributed by atoms with van der Waals surface area (Å²) in [6, 6.07) is 13.2. The van der Waals surface area contributed by atoms with Crippen molar-refractivity contribution in [2.75, 3.05) is 18.4 Å². The van der Waals surface area contributed by atoms with Crippen LogP contribution in [0.5, 0.6) is 0 Å². The molecule has 0 unspecified atom stereocenters. The lowest BCUT2D eigenvalue weighted by Crippen LogP contribution is -2.34. The molecule has 0 aliphatic carbocycles. The van der Waals surface area contributed by atoms with E-state index >= 15 is 0 Å². The number of carbonyl (C=O) groups excluding carboxylic acids is 3. The summed E-state index contributed by atoms with van der Waals surface area (Å²) in [6.45, 7) is 5.21. The summed E-state index contributed by atoms with van der Waals surface area (Å²) in [7, 11) is 0. The van der Waals surface area contributed by atoms with Gasteiger partial charge >= 0.3 is 0 Å². The van der Waals surface area contributed by atoms with Gasteiger partial charge in [-0.25, -0.2) is 0 Å². The molecule has 2 heterocycles. The highest BCUT2D eigenvalue weighted by Gasteiger charge is 2.28. The van der Waals surface area contributed by atoms with Gasteiger partial charge in [0.15, 0.2) is 0 Å². The Morgan fingerprint density at radius 3 is 2.30 bits per heavy atom. The molecule has 1 N–H and O–H groups in total. The predicted molar refractivity (Wildman–Crippen MR) is 117 cm³/mol. The number of para-hydroxylation sites is 2. The van der Waals surface area contributed by atoms with Gasteiger partial charge in [0.25, 0.3) is 11.7 Å². The third-order valence-electron chi connectivity index (χ3n) is 5.68. The second-order valence-corrected chi connectivity index (χ2v) is 7.83. The van der Waals surface area contributed by atoms with Crippen LogP contribution in [-0.2, 0) is 16.1 Å². The highest BCUT2D eigenvalue weighted by molar-refractivity contribution is 6.44. The number of fused-ring (bicyclic) bond motifs is 1. The quantitative estimate of drug-likeness (QED) is 0.522. The predicted octanol–water partition coefficient (Wildman–Crippen LogP) is 3.70. The molecule has 4 rings (SSSR count). The molecule has 0 bridgehead atoms. The summed E-state index contributed by atoms with van der Waals surface area (Å²) in [5.41, 5.74) is 3.90. The Bertz CT molecular complexity index is 1120. The molecule has 1 aliphatic rings. The number of hydrogen-bond acceptors (Lipinski definition) is 3. The minimum atomic E-state index is -0.512. The Morgan fingerprint density at radius 2 is 1.60 bits per heavy atom. The smallest absolute Gasteiger partial charge is 0.295 e. The molecule has 1 aliphatic heterocycles. The van der Waals surface area contributed by atoms with Crippen LogP contribution in [0.1, 0.15) is 34.3 Å². The minimum absolute atomic E-state index is 0.0550. The number of aryl methyl sites for hydroxylation is 2. The summed E-state index contributed by atoms with van der Waals surface area (Å²) < 4.78 is 1.74. The Kier molecular flexibility index (Phi) is 5.40. The first kappa shape index (κ1) is 19.9. The number of aromatic nitrogens is 1. The van der Waals surface area contributed by atoms with E-state index in [9.17, 15) is 14.4 Å². The number of benzene rings is 2. The molecule has 6 heteroatoms. The van der Waals surface area contributed by atoms with E-state index in [0.29, 0.717) is 24.0 Å². The van der Waals surface area contributed by atoms with Crippen LogP contribution >= 0.6 is 0 Å². The first-order valence-electron chi connectivity index (χ1n) is 10.2. The molecule has 0 atom stereocenters. The standard InChI is InChI=1S/C24H25N3O3/c1-16-8-7-9-17(2)22(16)25-21(28)15-27-14-19(18-10-3-4-11-20(18)27)23(29)24(30)26-12-5-6-13-26/h3-4,7-11,14H,5-6,12-13,15H2,1-2H3,(H,25,28). The zero-order chi connectivity index (χ0) is 21.3. The number of amides is 2. The van der Waals surface area contributed by atoms with Crippen LogP contribution in [0.2, 0.25) is 0 Å². The SMILES string of the molecule is Cc1cccc(C)c1NC(=O)Cn1cc(C(=O)C(=O)N2CCCC2)c2ccccc21. The Hall–Kier alpha value is -3.41. The Labute approximate surface area is 175 Å². The van der Waals surface area contributed by atoms with Crippen LogP contribution in [0, 0.1) is 13.8 Å². The number of carbonyl (C=O) groups is 3. The molecule has 154 valence electrons. The highest BCUT2D eigenvalue weighted by Crippen LogP contribution is 2.24. The van der Waals surface area contributed by atoms with Gasteiger partial charge in [-0.3, -0.25) is 14.4 Å². The van der Waals surface area contributed by atoms with Gasteiger partial charge in [-0.2, -0.15) is 0 Å². The summed E-state index contributed by atoms with van der Waals surface area (Å²) in [5, 5.41) is 3.67. The van der Waals surface area contributed by atoms with E-state index in [4.69, 9.17) is 0 Å². The van der Waals surface area contributed by atoms with Gasteiger partial charge in [-0.05, 0) is 43.9 Å². The average molecular weight is 403 g/mol. The molecule has 6 nitrogen and oxygen atoms in total. The van der Waals surface area contributed by atoms with Gasteiger partial charge in [-0.15, -0.1) is 0 Å². The highest BCUT2D eigenvalue weighted by atomic mass is 16.2. The first-order valence-corrected chi connectivity index (χ1v) is 10.2.